The Kier molecular flexibility index (Phi) is 5.04. The van der Waals surface area contributed by atoms with Gasteiger partial charge in [0.25, 0.3) is 0 Å². The fourth-order valence-corrected chi connectivity index (χ4v) is 3.48. The second-order valence-corrected chi connectivity index (χ2v) is 7.08. The third-order valence-corrected chi connectivity index (χ3v) is 5.02. The average molecular weight is 366 g/mol. The van der Waals surface area contributed by atoms with Crippen molar-refractivity contribution >= 4 is 29.2 Å². The molecule has 4 rings (SSSR count). The van der Waals surface area contributed by atoms with Crippen molar-refractivity contribution in [1.82, 2.24) is 15.0 Å². The highest BCUT2D eigenvalue weighted by molar-refractivity contribution is 5.99. The van der Waals surface area contributed by atoms with E-state index in [0.29, 0.717) is 5.95 Å². The Balaban J connectivity index is 1.59. The number of nitrogens with zero attached hydrogens (tertiary/aromatic N) is 6. The number of anilines is 4. The van der Waals surface area contributed by atoms with Crippen LogP contribution in [-0.2, 0) is 0 Å². The lowest BCUT2D eigenvalue weighted by Crippen LogP contribution is -2.25. The summed E-state index contributed by atoms with van der Waals surface area (Å²) in [7, 11) is 0. The van der Waals surface area contributed by atoms with E-state index in [4.69, 9.17) is 10.7 Å². The van der Waals surface area contributed by atoms with E-state index in [1.165, 1.54) is 25.7 Å². The summed E-state index contributed by atoms with van der Waals surface area (Å²) < 4.78 is 0. The molecule has 0 saturated carbocycles. The first-order valence-electron chi connectivity index (χ1n) is 9.61. The first kappa shape index (κ1) is 17.5. The van der Waals surface area contributed by atoms with E-state index in [9.17, 15) is 0 Å². The van der Waals surface area contributed by atoms with E-state index in [2.05, 4.69) is 30.3 Å². The lowest BCUT2D eigenvalue weighted by Gasteiger charge is -2.20. The number of hydrazone groups is 1. The van der Waals surface area contributed by atoms with Crippen LogP contribution in [0, 0.1) is 0 Å². The van der Waals surface area contributed by atoms with Gasteiger partial charge in [-0.1, -0.05) is 12.1 Å². The monoisotopic (exact) mass is 366 g/mol. The van der Waals surface area contributed by atoms with Gasteiger partial charge in [0.15, 0.2) is 0 Å². The minimum absolute atomic E-state index is 0.483. The number of aromatic nitrogens is 3. The zero-order chi connectivity index (χ0) is 18.6. The Morgan fingerprint density at radius 2 is 1.56 bits per heavy atom. The standard InChI is InChI=1S/C19H26N8/c1-14(15-7-6-8-16(20)13-15)24-25-17-21-18(26-9-2-3-10-26)23-19(22-17)27-11-4-5-12-27/h6-8,13H,2-5,9-12,20H2,1H3,(H,21,22,23,25)/b24-14+. The average Bonchev–Trinajstić information content (AvgIpc) is 3.40. The third-order valence-electron chi connectivity index (χ3n) is 5.02. The molecular formula is C19H26N8. The molecule has 2 aliphatic rings. The van der Waals surface area contributed by atoms with Crippen LogP contribution in [0.3, 0.4) is 0 Å². The van der Waals surface area contributed by atoms with Crippen molar-refractivity contribution < 1.29 is 0 Å². The van der Waals surface area contributed by atoms with Crippen LogP contribution >= 0.6 is 0 Å². The van der Waals surface area contributed by atoms with Gasteiger partial charge in [0.2, 0.25) is 17.8 Å². The Bertz CT molecular complexity index is 788. The molecule has 1 aromatic carbocycles. The van der Waals surface area contributed by atoms with Gasteiger partial charge in [-0.3, -0.25) is 0 Å². The highest BCUT2D eigenvalue weighted by Crippen LogP contribution is 2.22. The number of rotatable bonds is 5. The molecule has 3 N–H and O–H groups in total. The summed E-state index contributed by atoms with van der Waals surface area (Å²) >= 11 is 0. The predicted octanol–water partition coefficient (Wildman–Crippen LogP) is 2.49. The van der Waals surface area contributed by atoms with Gasteiger partial charge >= 0.3 is 0 Å². The summed E-state index contributed by atoms with van der Waals surface area (Å²) in [4.78, 5) is 18.4. The smallest absolute Gasteiger partial charge is 0.250 e. The molecule has 0 bridgehead atoms. The summed E-state index contributed by atoms with van der Waals surface area (Å²) in [6, 6.07) is 7.67. The van der Waals surface area contributed by atoms with Crippen LogP contribution in [0.4, 0.5) is 23.5 Å². The van der Waals surface area contributed by atoms with Crippen molar-refractivity contribution in [3.8, 4) is 0 Å². The first-order valence-corrected chi connectivity index (χ1v) is 9.61. The molecule has 27 heavy (non-hydrogen) atoms. The molecule has 2 aliphatic heterocycles. The maximum Gasteiger partial charge on any atom is 0.250 e. The van der Waals surface area contributed by atoms with Gasteiger partial charge in [0.1, 0.15) is 0 Å². The van der Waals surface area contributed by atoms with Crippen molar-refractivity contribution in [1.29, 1.82) is 0 Å². The Morgan fingerprint density at radius 3 is 2.11 bits per heavy atom. The quantitative estimate of drug-likeness (QED) is 0.477. The van der Waals surface area contributed by atoms with E-state index >= 15 is 0 Å². The van der Waals surface area contributed by atoms with Crippen molar-refractivity contribution in [2.24, 2.45) is 5.10 Å². The molecule has 1 aromatic heterocycles. The number of nitrogen functional groups attached to an aromatic ring is 1. The van der Waals surface area contributed by atoms with Gasteiger partial charge in [0, 0.05) is 31.9 Å². The topological polar surface area (TPSA) is 95.6 Å². The molecule has 2 fully saturated rings. The van der Waals surface area contributed by atoms with Crippen molar-refractivity contribution in [3.63, 3.8) is 0 Å². The second kappa shape index (κ2) is 7.77. The Morgan fingerprint density at radius 1 is 0.963 bits per heavy atom. The minimum Gasteiger partial charge on any atom is -0.399 e. The number of nitrogens with two attached hydrogens (primary N) is 1. The molecule has 0 amide bonds. The van der Waals surface area contributed by atoms with Gasteiger partial charge in [-0.25, -0.2) is 5.43 Å². The number of benzene rings is 1. The molecule has 0 spiro atoms. The molecule has 142 valence electrons. The predicted molar refractivity (Wildman–Crippen MR) is 109 cm³/mol. The molecule has 2 saturated heterocycles. The van der Waals surface area contributed by atoms with E-state index in [0.717, 1.165) is 55.0 Å². The lowest BCUT2D eigenvalue weighted by molar-refractivity contribution is 0.838. The van der Waals surface area contributed by atoms with E-state index in [-0.39, 0.29) is 0 Å². The molecule has 2 aromatic rings. The molecule has 0 unspecified atom stereocenters. The van der Waals surface area contributed by atoms with Crippen LogP contribution < -0.4 is 21.0 Å². The van der Waals surface area contributed by atoms with Crippen LogP contribution in [-0.4, -0.2) is 46.8 Å². The molecule has 3 heterocycles. The van der Waals surface area contributed by atoms with Crippen molar-refractivity contribution in [2.45, 2.75) is 32.6 Å². The maximum absolute atomic E-state index is 5.86. The van der Waals surface area contributed by atoms with Gasteiger partial charge in [-0.15, -0.1) is 0 Å². The van der Waals surface area contributed by atoms with E-state index in [1.54, 1.807) is 0 Å². The Labute approximate surface area is 159 Å². The fraction of sp³-hybridized carbons (Fsp3) is 0.474. The zero-order valence-electron chi connectivity index (χ0n) is 15.7. The highest BCUT2D eigenvalue weighted by atomic mass is 15.4. The van der Waals surface area contributed by atoms with E-state index in [1.807, 2.05) is 31.2 Å². The van der Waals surface area contributed by atoms with Crippen molar-refractivity contribution in [3.05, 3.63) is 29.8 Å². The lowest BCUT2D eigenvalue weighted by atomic mass is 10.1. The summed E-state index contributed by atoms with van der Waals surface area (Å²) in [6.45, 7) is 5.91. The normalized spacial score (nSPS) is 17.6. The van der Waals surface area contributed by atoms with Gasteiger partial charge in [0.05, 0.1) is 5.71 Å². The van der Waals surface area contributed by atoms with Crippen LogP contribution in [0.15, 0.2) is 29.4 Å². The van der Waals surface area contributed by atoms with Gasteiger partial charge < -0.3 is 15.5 Å². The maximum atomic E-state index is 5.86. The van der Waals surface area contributed by atoms with Crippen LogP contribution in [0.1, 0.15) is 38.2 Å². The number of hydrogen-bond acceptors (Lipinski definition) is 8. The summed E-state index contributed by atoms with van der Waals surface area (Å²) in [6.07, 6.45) is 4.72. The van der Waals surface area contributed by atoms with Crippen LogP contribution in [0.2, 0.25) is 0 Å². The molecular weight excluding hydrogens is 340 g/mol. The van der Waals surface area contributed by atoms with Gasteiger partial charge in [-0.05, 0) is 50.3 Å². The molecule has 8 heteroatoms. The fourth-order valence-electron chi connectivity index (χ4n) is 3.48. The summed E-state index contributed by atoms with van der Waals surface area (Å²) in [5.41, 5.74) is 11.4. The zero-order valence-corrected chi connectivity index (χ0v) is 15.7. The third kappa shape index (κ3) is 4.10. The summed E-state index contributed by atoms with van der Waals surface area (Å²) in [5.74, 6) is 1.96. The van der Waals surface area contributed by atoms with Gasteiger partial charge in [-0.2, -0.15) is 20.1 Å². The Hall–Kier alpha value is -2.90. The number of hydrogen-bond donors (Lipinski definition) is 2. The van der Waals surface area contributed by atoms with Crippen LogP contribution in [0.25, 0.3) is 0 Å². The SMILES string of the molecule is C/C(=N\Nc1nc(N2CCCC2)nc(N2CCCC2)n1)c1cccc(N)c1. The second-order valence-electron chi connectivity index (χ2n) is 7.08. The molecule has 0 atom stereocenters. The largest absolute Gasteiger partial charge is 0.399 e. The highest BCUT2D eigenvalue weighted by Gasteiger charge is 2.21. The van der Waals surface area contributed by atoms with E-state index < -0.39 is 0 Å². The molecule has 8 nitrogen and oxygen atoms in total. The van der Waals surface area contributed by atoms with Crippen molar-refractivity contribution in [2.75, 3.05) is 47.1 Å². The van der Waals surface area contributed by atoms with Crippen LogP contribution in [0.5, 0.6) is 0 Å². The minimum atomic E-state index is 0.483. The first-order chi connectivity index (χ1) is 13.2. The molecule has 0 aliphatic carbocycles. The number of nitrogens with one attached hydrogen (secondary N) is 1. The molecule has 0 radical (unpaired) electrons. The summed E-state index contributed by atoms with van der Waals surface area (Å²) in [5, 5.41) is 4.46.